The maximum absolute atomic E-state index is 12.0. The third-order valence-corrected chi connectivity index (χ3v) is 4.14. The van der Waals surface area contributed by atoms with E-state index in [-0.39, 0.29) is 17.2 Å². The second-order valence-electron chi connectivity index (χ2n) is 4.98. The van der Waals surface area contributed by atoms with Crippen LogP contribution in [0, 0.1) is 5.41 Å². The fraction of sp³-hybridized carbons (Fsp3) is 0.500. The molecule has 1 aromatic carbocycles. The molecule has 2 nitrogen and oxygen atoms in total. The molecule has 1 aliphatic rings. The zero-order valence-electron chi connectivity index (χ0n) is 10.1. The molecule has 1 saturated carbocycles. The number of alkyl halides is 1. The van der Waals surface area contributed by atoms with Crippen molar-refractivity contribution in [1.82, 2.24) is 5.32 Å². The van der Waals surface area contributed by atoms with E-state index in [1.54, 1.807) is 0 Å². The topological polar surface area (TPSA) is 29.1 Å². The molecule has 0 aromatic heterocycles. The van der Waals surface area contributed by atoms with Gasteiger partial charge in [-0.1, -0.05) is 30.3 Å². The summed E-state index contributed by atoms with van der Waals surface area (Å²) in [6.07, 6.45) is 2.27. The summed E-state index contributed by atoms with van der Waals surface area (Å²) in [6.45, 7) is 2.65. The number of carbonyl (C=O) groups is 1. The van der Waals surface area contributed by atoms with Gasteiger partial charge in [0.05, 0.1) is 5.92 Å². The van der Waals surface area contributed by atoms with Crippen LogP contribution in [0.4, 0.5) is 0 Å². The first-order valence-corrected chi connectivity index (χ1v) is 6.59. The van der Waals surface area contributed by atoms with Crippen molar-refractivity contribution in [3.05, 3.63) is 35.9 Å². The number of hydrogen-bond acceptors (Lipinski definition) is 1. The molecule has 0 aliphatic heterocycles. The summed E-state index contributed by atoms with van der Waals surface area (Å²) in [7, 11) is 0. The first kappa shape index (κ1) is 12.4. The molecule has 1 N–H and O–H groups in total. The molecule has 1 unspecified atom stereocenters. The first-order chi connectivity index (χ1) is 8.17. The molecule has 92 valence electrons. The molecular formula is C14H18ClNO. The second kappa shape index (κ2) is 5.09. The Bertz CT molecular complexity index is 386. The van der Waals surface area contributed by atoms with E-state index < -0.39 is 0 Å². The predicted molar refractivity (Wildman–Crippen MR) is 70.3 cm³/mol. The zero-order valence-corrected chi connectivity index (χ0v) is 10.8. The summed E-state index contributed by atoms with van der Waals surface area (Å²) in [4.78, 5) is 12.0. The van der Waals surface area contributed by atoms with Gasteiger partial charge in [-0.2, -0.15) is 0 Å². The molecule has 0 radical (unpaired) electrons. The minimum atomic E-state index is -0.0951. The first-order valence-electron chi connectivity index (χ1n) is 6.05. The van der Waals surface area contributed by atoms with E-state index in [2.05, 4.69) is 5.32 Å². The molecule has 1 atom stereocenters. The molecule has 3 heteroatoms. The number of nitrogens with one attached hydrogen (secondary N) is 1. The summed E-state index contributed by atoms with van der Waals surface area (Å²) in [5.41, 5.74) is 1.24. The number of halogens is 1. The van der Waals surface area contributed by atoms with Gasteiger partial charge in [-0.25, -0.2) is 0 Å². The molecule has 2 rings (SSSR count). The third-order valence-electron chi connectivity index (χ3n) is 3.57. The highest BCUT2D eigenvalue weighted by Crippen LogP contribution is 2.45. The Morgan fingerprint density at radius 1 is 1.41 bits per heavy atom. The van der Waals surface area contributed by atoms with Gasteiger partial charge < -0.3 is 5.32 Å². The highest BCUT2D eigenvalue weighted by Gasteiger charge is 2.42. The minimum absolute atomic E-state index is 0.0904. The van der Waals surface area contributed by atoms with E-state index >= 15 is 0 Å². The maximum Gasteiger partial charge on any atom is 0.227 e. The van der Waals surface area contributed by atoms with Gasteiger partial charge in [-0.05, 0) is 25.3 Å². The lowest BCUT2D eigenvalue weighted by Crippen LogP contribution is -2.33. The van der Waals surface area contributed by atoms with Crippen LogP contribution in [0.3, 0.4) is 0 Å². The molecule has 1 aromatic rings. The van der Waals surface area contributed by atoms with Crippen molar-refractivity contribution in [3.63, 3.8) is 0 Å². The van der Waals surface area contributed by atoms with Gasteiger partial charge in [0.15, 0.2) is 0 Å². The van der Waals surface area contributed by atoms with Crippen LogP contribution in [0.25, 0.3) is 0 Å². The zero-order chi connectivity index (χ0) is 12.3. The van der Waals surface area contributed by atoms with Gasteiger partial charge in [0.2, 0.25) is 5.91 Å². The van der Waals surface area contributed by atoms with Crippen LogP contribution in [0.1, 0.15) is 31.2 Å². The second-order valence-corrected chi connectivity index (χ2v) is 5.25. The molecule has 0 saturated heterocycles. The van der Waals surface area contributed by atoms with Gasteiger partial charge in [0, 0.05) is 17.8 Å². The summed E-state index contributed by atoms with van der Waals surface area (Å²) >= 11 is 5.88. The fourth-order valence-electron chi connectivity index (χ4n) is 1.86. The van der Waals surface area contributed by atoms with E-state index in [0.717, 1.165) is 18.4 Å². The number of hydrogen-bond donors (Lipinski definition) is 1. The van der Waals surface area contributed by atoms with Crippen molar-refractivity contribution >= 4 is 17.5 Å². The van der Waals surface area contributed by atoms with Gasteiger partial charge in [-0.3, -0.25) is 4.79 Å². The van der Waals surface area contributed by atoms with Crippen molar-refractivity contribution in [2.24, 2.45) is 5.41 Å². The van der Waals surface area contributed by atoms with Crippen LogP contribution in [-0.4, -0.2) is 18.3 Å². The van der Waals surface area contributed by atoms with E-state index in [1.165, 1.54) is 0 Å². The Hall–Kier alpha value is -1.02. The lowest BCUT2D eigenvalue weighted by atomic mass is 10.00. The fourth-order valence-corrected chi connectivity index (χ4v) is 2.22. The van der Waals surface area contributed by atoms with E-state index in [0.29, 0.717) is 12.4 Å². The van der Waals surface area contributed by atoms with Crippen LogP contribution < -0.4 is 5.32 Å². The van der Waals surface area contributed by atoms with Crippen molar-refractivity contribution in [2.75, 3.05) is 12.4 Å². The van der Waals surface area contributed by atoms with E-state index in [9.17, 15) is 4.79 Å². The third kappa shape index (κ3) is 3.01. The molecule has 0 bridgehead atoms. The monoisotopic (exact) mass is 251 g/mol. The van der Waals surface area contributed by atoms with Crippen LogP contribution in [0.5, 0.6) is 0 Å². The van der Waals surface area contributed by atoms with Crippen molar-refractivity contribution < 1.29 is 4.79 Å². The van der Waals surface area contributed by atoms with Crippen LogP contribution in [0.15, 0.2) is 30.3 Å². The average Bonchev–Trinajstić information content (AvgIpc) is 3.17. The molecule has 1 amide bonds. The van der Waals surface area contributed by atoms with Crippen molar-refractivity contribution in [3.8, 4) is 0 Å². The number of carbonyl (C=O) groups excluding carboxylic acids is 1. The summed E-state index contributed by atoms with van der Waals surface area (Å²) in [5.74, 6) is 0.641. The van der Waals surface area contributed by atoms with E-state index in [1.807, 2.05) is 37.3 Å². The summed E-state index contributed by atoms with van der Waals surface area (Å²) in [6, 6.07) is 9.85. The molecule has 17 heavy (non-hydrogen) atoms. The van der Waals surface area contributed by atoms with Gasteiger partial charge >= 0.3 is 0 Å². The smallest absolute Gasteiger partial charge is 0.227 e. The lowest BCUT2D eigenvalue weighted by Gasteiger charge is -2.16. The standard InChI is InChI=1S/C14H18ClNO/c1-11(12-5-3-2-4-6-12)13(17)16-10-14(9-15)7-8-14/h2-6,11H,7-10H2,1H3,(H,16,17). The van der Waals surface area contributed by atoms with Crippen molar-refractivity contribution in [2.45, 2.75) is 25.7 Å². The SMILES string of the molecule is CC(C(=O)NCC1(CCl)CC1)c1ccccc1. The Morgan fingerprint density at radius 3 is 2.59 bits per heavy atom. The Balaban J connectivity index is 1.88. The highest BCUT2D eigenvalue weighted by molar-refractivity contribution is 6.18. The van der Waals surface area contributed by atoms with Crippen LogP contribution >= 0.6 is 11.6 Å². The van der Waals surface area contributed by atoms with E-state index in [4.69, 9.17) is 11.6 Å². The predicted octanol–water partition coefficient (Wildman–Crippen LogP) is 2.93. The Kier molecular flexibility index (Phi) is 3.72. The van der Waals surface area contributed by atoms with Gasteiger partial charge in [0.1, 0.15) is 0 Å². The van der Waals surface area contributed by atoms with Crippen molar-refractivity contribution in [1.29, 1.82) is 0 Å². The Morgan fingerprint density at radius 2 is 2.06 bits per heavy atom. The van der Waals surface area contributed by atoms with Gasteiger partial charge in [0.25, 0.3) is 0 Å². The highest BCUT2D eigenvalue weighted by atomic mass is 35.5. The maximum atomic E-state index is 12.0. The quantitative estimate of drug-likeness (QED) is 0.801. The summed E-state index contributed by atoms with van der Waals surface area (Å²) < 4.78 is 0. The average molecular weight is 252 g/mol. The summed E-state index contributed by atoms with van der Waals surface area (Å²) in [5, 5.41) is 3.01. The molecule has 0 spiro atoms. The molecule has 0 heterocycles. The minimum Gasteiger partial charge on any atom is -0.355 e. The molecule has 1 fully saturated rings. The number of amides is 1. The van der Waals surface area contributed by atoms with Gasteiger partial charge in [-0.15, -0.1) is 11.6 Å². The number of rotatable bonds is 5. The lowest BCUT2D eigenvalue weighted by molar-refractivity contribution is -0.122. The Labute approximate surface area is 107 Å². The molecule has 1 aliphatic carbocycles. The largest absolute Gasteiger partial charge is 0.355 e. The van der Waals surface area contributed by atoms with Crippen LogP contribution in [0.2, 0.25) is 0 Å². The van der Waals surface area contributed by atoms with Crippen LogP contribution in [-0.2, 0) is 4.79 Å². The normalized spacial score (nSPS) is 18.5. The molecular weight excluding hydrogens is 234 g/mol. The number of benzene rings is 1.